The van der Waals surface area contributed by atoms with Crippen LogP contribution in [-0.2, 0) is 4.74 Å². The molecule has 0 saturated heterocycles. The Morgan fingerprint density at radius 1 is 1.50 bits per heavy atom. The molecule has 1 aromatic carbocycles. The average Bonchev–Trinajstić information content (AvgIpc) is 2.77. The van der Waals surface area contributed by atoms with E-state index in [0.717, 1.165) is 15.0 Å². The van der Waals surface area contributed by atoms with Crippen LogP contribution in [-0.4, -0.2) is 18.1 Å². The molecular weight excluding hydrogens is 290 g/mol. The van der Waals surface area contributed by atoms with E-state index in [1.807, 2.05) is 24.3 Å². The maximum atomic E-state index is 11.3. The van der Waals surface area contributed by atoms with Crippen molar-refractivity contribution >= 4 is 33.2 Å². The molecule has 0 saturated carbocycles. The van der Waals surface area contributed by atoms with Crippen LogP contribution in [0.1, 0.15) is 9.67 Å². The van der Waals surface area contributed by atoms with Gasteiger partial charge in [0.2, 0.25) is 0 Å². The molecule has 1 aromatic heterocycles. The Morgan fingerprint density at radius 3 is 3.00 bits per heavy atom. The number of halogens is 1. The fourth-order valence-electron chi connectivity index (χ4n) is 1.22. The van der Waals surface area contributed by atoms with Crippen molar-refractivity contribution in [3.8, 4) is 10.6 Å². The van der Waals surface area contributed by atoms with Crippen LogP contribution in [0.2, 0.25) is 0 Å². The van der Waals surface area contributed by atoms with Gasteiger partial charge in [-0.1, -0.05) is 28.1 Å². The molecule has 0 N–H and O–H groups in total. The zero-order valence-electron chi connectivity index (χ0n) is 8.44. The van der Waals surface area contributed by atoms with Crippen molar-refractivity contribution in [3.63, 3.8) is 0 Å². The normalized spacial score (nSPS) is 10.1. The highest BCUT2D eigenvalue weighted by Crippen LogP contribution is 2.27. The highest BCUT2D eigenvalue weighted by molar-refractivity contribution is 9.10. The molecule has 16 heavy (non-hydrogen) atoms. The summed E-state index contributed by atoms with van der Waals surface area (Å²) in [5, 5.41) is 0.807. The molecule has 3 nitrogen and oxygen atoms in total. The van der Waals surface area contributed by atoms with Gasteiger partial charge in [-0.15, -0.1) is 11.3 Å². The number of methoxy groups -OCH3 is 1. The summed E-state index contributed by atoms with van der Waals surface area (Å²) in [5.41, 5.74) is 0.981. The van der Waals surface area contributed by atoms with Gasteiger partial charge < -0.3 is 4.74 Å². The number of ether oxygens (including phenoxy) is 1. The van der Waals surface area contributed by atoms with Crippen molar-refractivity contribution in [2.45, 2.75) is 0 Å². The van der Waals surface area contributed by atoms with E-state index in [1.165, 1.54) is 24.6 Å². The van der Waals surface area contributed by atoms with Gasteiger partial charge in [0.15, 0.2) is 0 Å². The van der Waals surface area contributed by atoms with Gasteiger partial charge in [-0.3, -0.25) is 0 Å². The van der Waals surface area contributed by atoms with Gasteiger partial charge in [-0.2, -0.15) is 0 Å². The first-order valence-corrected chi connectivity index (χ1v) is 6.12. The van der Waals surface area contributed by atoms with E-state index >= 15 is 0 Å². The molecule has 0 atom stereocenters. The van der Waals surface area contributed by atoms with Gasteiger partial charge in [-0.25, -0.2) is 9.78 Å². The lowest BCUT2D eigenvalue weighted by Gasteiger charge is -1.96. The molecule has 0 spiro atoms. The number of hydrogen-bond acceptors (Lipinski definition) is 4. The average molecular weight is 298 g/mol. The predicted molar refractivity (Wildman–Crippen MR) is 66.6 cm³/mol. The van der Waals surface area contributed by atoms with E-state index in [9.17, 15) is 4.79 Å². The van der Waals surface area contributed by atoms with E-state index in [1.54, 1.807) is 0 Å². The summed E-state index contributed by atoms with van der Waals surface area (Å²) in [4.78, 5) is 16.0. The number of carbonyl (C=O) groups is 1. The summed E-state index contributed by atoms with van der Waals surface area (Å²) >= 11 is 4.71. The standard InChI is InChI=1S/C11H8BrNO2S/c1-15-11(14)9-6-13-10(16-9)7-3-2-4-8(12)5-7/h2-6H,1H3. The van der Waals surface area contributed by atoms with Crippen LogP contribution in [0, 0.1) is 0 Å². The molecule has 0 radical (unpaired) electrons. The Balaban J connectivity index is 2.35. The molecular formula is C11H8BrNO2S. The van der Waals surface area contributed by atoms with Crippen LogP contribution in [0.5, 0.6) is 0 Å². The fourth-order valence-corrected chi connectivity index (χ4v) is 2.45. The van der Waals surface area contributed by atoms with Crippen LogP contribution in [0.15, 0.2) is 34.9 Å². The molecule has 0 aliphatic rings. The molecule has 0 amide bonds. The van der Waals surface area contributed by atoms with Crippen molar-refractivity contribution in [2.75, 3.05) is 7.11 Å². The maximum Gasteiger partial charge on any atom is 0.349 e. The number of hydrogen-bond donors (Lipinski definition) is 0. The summed E-state index contributed by atoms with van der Waals surface area (Å²) in [6.07, 6.45) is 1.53. The molecule has 0 bridgehead atoms. The Bertz CT molecular complexity index is 524. The molecule has 0 aliphatic heterocycles. The molecule has 1 heterocycles. The zero-order valence-corrected chi connectivity index (χ0v) is 10.8. The first-order chi connectivity index (χ1) is 7.70. The number of aromatic nitrogens is 1. The van der Waals surface area contributed by atoms with Crippen molar-refractivity contribution in [1.82, 2.24) is 4.98 Å². The van der Waals surface area contributed by atoms with Gasteiger partial charge >= 0.3 is 5.97 Å². The molecule has 82 valence electrons. The lowest BCUT2D eigenvalue weighted by molar-refractivity contribution is 0.0606. The van der Waals surface area contributed by atoms with Crippen molar-refractivity contribution in [1.29, 1.82) is 0 Å². The topological polar surface area (TPSA) is 39.2 Å². The summed E-state index contributed by atoms with van der Waals surface area (Å²) in [7, 11) is 1.36. The van der Waals surface area contributed by atoms with Gasteiger partial charge in [0, 0.05) is 10.0 Å². The van der Waals surface area contributed by atoms with Gasteiger partial charge in [-0.05, 0) is 12.1 Å². The molecule has 2 rings (SSSR count). The third-order valence-corrected chi connectivity index (χ3v) is 3.48. The lowest BCUT2D eigenvalue weighted by atomic mass is 10.2. The Hall–Kier alpha value is -1.20. The zero-order chi connectivity index (χ0) is 11.5. The van der Waals surface area contributed by atoms with Crippen LogP contribution < -0.4 is 0 Å². The highest BCUT2D eigenvalue weighted by atomic mass is 79.9. The van der Waals surface area contributed by atoms with Crippen molar-refractivity contribution in [2.24, 2.45) is 0 Å². The Kier molecular flexibility index (Phi) is 3.36. The van der Waals surface area contributed by atoms with E-state index < -0.39 is 0 Å². The maximum absolute atomic E-state index is 11.3. The van der Waals surface area contributed by atoms with Crippen LogP contribution in [0.25, 0.3) is 10.6 Å². The third-order valence-electron chi connectivity index (χ3n) is 1.96. The second-order valence-electron chi connectivity index (χ2n) is 3.03. The monoisotopic (exact) mass is 297 g/mol. The van der Waals surface area contributed by atoms with E-state index in [0.29, 0.717) is 4.88 Å². The number of nitrogens with zero attached hydrogens (tertiary/aromatic N) is 1. The van der Waals surface area contributed by atoms with Gasteiger partial charge in [0.05, 0.1) is 13.3 Å². The molecule has 0 aliphatic carbocycles. The SMILES string of the molecule is COC(=O)c1cnc(-c2cccc(Br)c2)s1. The Labute approximate surface area is 105 Å². The minimum Gasteiger partial charge on any atom is -0.465 e. The quantitative estimate of drug-likeness (QED) is 0.798. The number of thiazole rings is 1. The smallest absolute Gasteiger partial charge is 0.349 e. The van der Waals surface area contributed by atoms with E-state index in [4.69, 9.17) is 0 Å². The first-order valence-electron chi connectivity index (χ1n) is 4.51. The number of benzene rings is 1. The fraction of sp³-hybridized carbons (Fsp3) is 0.0909. The van der Waals surface area contributed by atoms with Crippen molar-refractivity contribution in [3.05, 3.63) is 39.8 Å². The second kappa shape index (κ2) is 4.76. The Morgan fingerprint density at radius 2 is 2.31 bits per heavy atom. The highest BCUT2D eigenvalue weighted by Gasteiger charge is 2.11. The van der Waals surface area contributed by atoms with Crippen LogP contribution >= 0.6 is 27.3 Å². The molecule has 0 fully saturated rings. The lowest BCUT2D eigenvalue weighted by Crippen LogP contribution is -1.96. The van der Waals surface area contributed by atoms with Crippen LogP contribution in [0.4, 0.5) is 0 Å². The van der Waals surface area contributed by atoms with Gasteiger partial charge in [0.1, 0.15) is 9.88 Å². The summed E-state index contributed by atoms with van der Waals surface area (Å²) in [5.74, 6) is -0.348. The minimum atomic E-state index is -0.348. The number of esters is 1. The van der Waals surface area contributed by atoms with E-state index in [-0.39, 0.29) is 5.97 Å². The molecule has 0 unspecified atom stereocenters. The summed E-state index contributed by atoms with van der Waals surface area (Å²) < 4.78 is 5.62. The minimum absolute atomic E-state index is 0.348. The number of carbonyl (C=O) groups excluding carboxylic acids is 1. The largest absolute Gasteiger partial charge is 0.465 e. The van der Waals surface area contributed by atoms with Crippen molar-refractivity contribution < 1.29 is 9.53 Å². The first kappa shape index (κ1) is 11.3. The molecule has 5 heteroatoms. The van der Waals surface area contributed by atoms with E-state index in [2.05, 4.69) is 25.7 Å². The molecule has 2 aromatic rings. The second-order valence-corrected chi connectivity index (χ2v) is 4.98. The van der Waals surface area contributed by atoms with Gasteiger partial charge in [0.25, 0.3) is 0 Å². The third kappa shape index (κ3) is 2.31. The number of rotatable bonds is 2. The van der Waals surface area contributed by atoms with Crippen LogP contribution in [0.3, 0.4) is 0 Å². The summed E-state index contributed by atoms with van der Waals surface area (Å²) in [6, 6.07) is 7.78. The summed E-state index contributed by atoms with van der Waals surface area (Å²) in [6.45, 7) is 0. The predicted octanol–water partition coefficient (Wildman–Crippen LogP) is 3.36.